The quantitative estimate of drug-likeness (QED) is 0.0233. The van der Waals surface area contributed by atoms with Crippen molar-refractivity contribution in [3.8, 4) is 0 Å². The van der Waals surface area contributed by atoms with Crippen LogP contribution in [-0.4, -0.2) is 60.5 Å². The summed E-state index contributed by atoms with van der Waals surface area (Å²) in [6, 6.07) is -1.47. The maximum Gasteiger partial charge on any atom is 0.472 e. The van der Waals surface area contributed by atoms with Gasteiger partial charge in [0.2, 0.25) is 0 Å². The van der Waals surface area contributed by atoms with Gasteiger partial charge < -0.3 is 25.2 Å². The first kappa shape index (κ1) is 56.7. The molecule has 0 aliphatic heterocycles. The number of carboxylic acids is 1. The number of hydrogen-bond donors (Lipinski definition) is 3. The Morgan fingerprint density at radius 3 is 1.31 bits per heavy atom. The minimum Gasteiger partial charge on any atom is -0.480 e. The van der Waals surface area contributed by atoms with Crippen LogP contribution in [0.3, 0.4) is 0 Å². The minimum atomic E-state index is -4.61. The van der Waals surface area contributed by atoms with Crippen molar-refractivity contribution >= 4 is 19.8 Å². The average molecular weight is 846 g/mol. The topological polar surface area (TPSA) is 155 Å². The minimum absolute atomic E-state index is 0.0229. The number of nitrogens with two attached hydrogens (primary N) is 1. The van der Waals surface area contributed by atoms with E-state index in [-0.39, 0.29) is 13.0 Å². The number of carbonyl (C=O) groups excluding carboxylic acids is 1. The molecule has 0 amide bonds. The predicted octanol–water partition coefficient (Wildman–Crippen LogP) is 13.7. The third-order valence-electron chi connectivity index (χ3n) is 10.8. The Morgan fingerprint density at radius 1 is 0.534 bits per heavy atom. The van der Waals surface area contributed by atoms with Gasteiger partial charge in [-0.25, -0.2) is 4.57 Å². The zero-order valence-electron chi connectivity index (χ0n) is 37.7. The highest BCUT2D eigenvalue weighted by molar-refractivity contribution is 7.47. The van der Waals surface area contributed by atoms with Crippen molar-refractivity contribution < 1.29 is 42.7 Å². The molecule has 0 aliphatic rings. The molecule has 3 atom stereocenters. The number of phosphoric ester groups is 1. The van der Waals surface area contributed by atoms with E-state index in [1.807, 2.05) is 0 Å². The predicted molar refractivity (Wildman–Crippen MR) is 240 cm³/mol. The van der Waals surface area contributed by atoms with Gasteiger partial charge in [0.15, 0.2) is 0 Å². The monoisotopic (exact) mass is 846 g/mol. The van der Waals surface area contributed by atoms with Crippen LogP contribution in [0, 0.1) is 0 Å². The third kappa shape index (κ3) is 42.8. The molecule has 4 N–H and O–H groups in total. The van der Waals surface area contributed by atoms with E-state index >= 15 is 0 Å². The Labute approximate surface area is 356 Å². The Bertz CT molecular complexity index is 982. The SMILES string of the molecule is CCCCCCCCCC/C=C\CCCCCCCCCCCCCC(=O)OC(COCCCCCCCCCCCCCCC)COP(=O)(O)OCC(N)C(=O)O. The molecule has 58 heavy (non-hydrogen) atoms. The van der Waals surface area contributed by atoms with Gasteiger partial charge in [-0.15, -0.1) is 0 Å². The van der Waals surface area contributed by atoms with Gasteiger partial charge in [-0.05, 0) is 38.5 Å². The van der Waals surface area contributed by atoms with E-state index in [0.717, 1.165) is 32.1 Å². The molecule has 0 fully saturated rings. The van der Waals surface area contributed by atoms with E-state index in [9.17, 15) is 19.0 Å². The zero-order chi connectivity index (χ0) is 42.6. The Kier molecular flexibility index (Phi) is 42.8. The fourth-order valence-electron chi connectivity index (χ4n) is 7.01. The molecule has 0 aromatic rings. The van der Waals surface area contributed by atoms with Crippen molar-refractivity contribution in [2.45, 2.75) is 251 Å². The van der Waals surface area contributed by atoms with E-state index in [2.05, 4.69) is 26.0 Å². The van der Waals surface area contributed by atoms with Crippen LogP contribution in [0.15, 0.2) is 12.2 Å². The van der Waals surface area contributed by atoms with Crippen molar-refractivity contribution in [3.63, 3.8) is 0 Å². The van der Waals surface area contributed by atoms with Crippen LogP contribution in [0.4, 0.5) is 0 Å². The fraction of sp³-hybridized carbons (Fsp3) is 0.915. The summed E-state index contributed by atoms with van der Waals surface area (Å²) in [7, 11) is -4.61. The zero-order valence-corrected chi connectivity index (χ0v) is 38.6. The van der Waals surface area contributed by atoms with Crippen molar-refractivity contribution in [1.29, 1.82) is 0 Å². The Morgan fingerprint density at radius 2 is 0.897 bits per heavy atom. The van der Waals surface area contributed by atoms with E-state index in [0.29, 0.717) is 13.0 Å². The van der Waals surface area contributed by atoms with Crippen LogP contribution >= 0.6 is 7.82 Å². The second-order valence-corrected chi connectivity index (χ2v) is 18.1. The number of aliphatic carboxylic acids is 1. The van der Waals surface area contributed by atoms with Crippen molar-refractivity contribution in [2.24, 2.45) is 5.73 Å². The van der Waals surface area contributed by atoms with E-state index < -0.39 is 45.1 Å². The standard InChI is InChI=1S/C47H92NO9P/c1-3-5-7-9-11-13-15-17-18-19-20-21-22-23-24-25-26-27-29-31-33-35-37-39-46(49)57-44(42-55-58(52,53)56-43-45(48)47(50)51)41-54-40-38-36-34-32-30-28-16-14-12-10-8-6-4-2/h19-20,44-45H,3-18,21-43,48H2,1-2H3,(H,50,51)(H,52,53)/b20-19-. The Hall–Kier alpha value is -1.29. The number of carboxylic acid groups (broad SMARTS) is 1. The van der Waals surface area contributed by atoms with Gasteiger partial charge >= 0.3 is 19.8 Å². The maximum absolute atomic E-state index is 12.7. The summed E-state index contributed by atoms with van der Waals surface area (Å²) >= 11 is 0. The summed E-state index contributed by atoms with van der Waals surface area (Å²) < 4.78 is 33.4. The number of esters is 1. The molecule has 0 saturated carbocycles. The second-order valence-electron chi connectivity index (χ2n) is 16.6. The lowest BCUT2D eigenvalue weighted by atomic mass is 10.0. The summed E-state index contributed by atoms with van der Waals surface area (Å²) in [5.41, 5.74) is 5.36. The van der Waals surface area contributed by atoms with Gasteiger partial charge in [0.05, 0.1) is 19.8 Å². The van der Waals surface area contributed by atoms with Crippen LogP contribution < -0.4 is 5.73 Å². The van der Waals surface area contributed by atoms with Crippen LogP contribution in [-0.2, 0) is 32.7 Å². The highest BCUT2D eigenvalue weighted by Crippen LogP contribution is 2.43. The van der Waals surface area contributed by atoms with Crippen molar-refractivity contribution in [1.82, 2.24) is 0 Å². The Balaban J connectivity index is 4.09. The fourth-order valence-corrected chi connectivity index (χ4v) is 7.79. The first-order chi connectivity index (χ1) is 28.2. The van der Waals surface area contributed by atoms with Gasteiger partial charge in [0.1, 0.15) is 12.1 Å². The lowest BCUT2D eigenvalue weighted by Gasteiger charge is -2.20. The van der Waals surface area contributed by atoms with Crippen LogP contribution in [0.5, 0.6) is 0 Å². The lowest BCUT2D eigenvalue weighted by molar-refractivity contribution is -0.154. The largest absolute Gasteiger partial charge is 0.480 e. The average Bonchev–Trinajstić information content (AvgIpc) is 3.20. The molecule has 0 aromatic carbocycles. The summed E-state index contributed by atoms with van der Waals surface area (Å²) in [6.45, 7) is 3.92. The molecular formula is C47H92NO9P. The normalized spacial score (nSPS) is 13.9. The molecule has 0 rings (SSSR count). The molecule has 0 spiro atoms. The van der Waals surface area contributed by atoms with Gasteiger partial charge in [-0.3, -0.25) is 18.6 Å². The number of unbranched alkanes of at least 4 members (excludes halogenated alkanes) is 31. The lowest BCUT2D eigenvalue weighted by Crippen LogP contribution is -2.34. The molecule has 0 aliphatic carbocycles. The summed E-state index contributed by atoms with van der Waals surface area (Å²) in [5.74, 6) is -1.77. The molecule has 3 unspecified atom stereocenters. The molecular weight excluding hydrogens is 753 g/mol. The summed E-state index contributed by atoms with van der Waals surface area (Å²) in [6.07, 6.45) is 47.0. The molecule has 0 radical (unpaired) electrons. The molecule has 344 valence electrons. The number of phosphoric acid groups is 1. The van der Waals surface area contributed by atoms with Crippen LogP contribution in [0.1, 0.15) is 239 Å². The van der Waals surface area contributed by atoms with Crippen molar-refractivity contribution in [3.05, 3.63) is 12.2 Å². The highest BCUT2D eigenvalue weighted by atomic mass is 31.2. The molecule has 0 heterocycles. The maximum atomic E-state index is 12.7. The van der Waals surface area contributed by atoms with Crippen LogP contribution in [0.2, 0.25) is 0 Å². The van der Waals surface area contributed by atoms with Crippen LogP contribution in [0.25, 0.3) is 0 Å². The van der Waals surface area contributed by atoms with Crippen molar-refractivity contribution in [2.75, 3.05) is 26.4 Å². The molecule has 0 bridgehead atoms. The first-order valence-corrected chi connectivity index (χ1v) is 25.7. The number of carbonyl (C=O) groups is 2. The van der Waals surface area contributed by atoms with Gasteiger partial charge in [-0.1, -0.05) is 206 Å². The number of ether oxygens (including phenoxy) is 2. The molecule has 10 nitrogen and oxygen atoms in total. The van der Waals surface area contributed by atoms with Gasteiger partial charge in [0, 0.05) is 13.0 Å². The van der Waals surface area contributed by atoms with E-state index in [1.165, 1.54) is 180 Å². The smallest absolute Gasteiger partial charge is 0.472 e. The highest BCUT2D eigenvalue weighted by Gasteiger charge is 2.27. The third-order valence-corrected chi connectivity index (χ3v) is 11.7. The summed E-state index contributed by atoms with van der Waals surface area (Å²) in [4.78, 5) is 33.6. The van der Waals surface area contributed by atoms with Gasteiger partial charge in [0.25, 0.3) is 0 Å². The second kappa shape index (κ2) is 43.8. The van der Waals surface area contributed by atoms with E-state index in [1.54, 1.807) is 0 Å². The molecule has 0 aromatic heterocycles. The first-order valence-electron chi connectivity index (χ1n) is 24.2. The molecule has 11 heteroatoms. The van der Waals surface area contributed by atoms with Gasteiger partial charge in [-0.2, -0.15) is 0 Å². The summed E-state index contributed by atoms with van der Waals surface area (Å²) in [5, 5.41) is 8.91. The number of rotatable bonds is 47. The number of hydrogen-bond acceptors (Lipinski definition) is 8. The number of allylic oxidation sites excluding steroid dienone is 2. The molecule has 0 saturated heterocycles. The van der Waals surface area contributed by atoms with E-state index in [4.69, 9.17) is 29.4 Å².